The van der Waals surface area contributed by atoms with Crippen LogP contribution in [0.25, 0.3) is 0 Å². The SMILES string of the molecule is Cc1ccc(C(N)=NO)cc1NS(=O)(=O)C1CC1. The number of hydrogen-bond donors (Lipinski definition) is 3. The van der Waals surface area contributed by atoms with E-state index in [9.17, 15) is 8.42 Å². The van der Waals surface area contributed by atoms with Gasteiger partial charge in [0, 0.05) is 5.56 Å². The van der Waals surface area contributed by atoms with Crippen molar-refractivity contribution >= 4 is 21.5 Å². The maximum absolute atomic E-state index is 11.8. The van der Waals surface area contributed by atoms with Crippen LogP contribution < -0.4 is 10.5 Å². The Morgan fingerprint density at radius 1 is 1.50 bits per heavy atom. The summed E-state index contributed by atoms with van der Waals surface area (Å²) >= 11 is 0. The lowest BCUT2D eigenvalue weighted by Gasteiger charge is -2.11. The lowest BCUT2D eigenvalue weighted by Crippen LogP contribution is -2.19. The molecule has 18 heavy (non-hydrogen) atoms. The fraction of sp³-hybridized carbons (Fsp3) is 0.364. The van der Waals surface area contributed by atoms with Gasteiger partial charge in [0.1, 0.15) is 0 Å². The van der Waals surface area contributed by atoms with Crippen molar-refractivity contribution < 1.29 is 13.6 Å². The van der Waals surface area contributed by atoms with Crippen LogP contribution in [0.4, 0.5) is 5.69 Å². The number of anilines is 1. The average molecular weight is 269 g/mol. The number of nitrogens with two attached hydrogens (primary N) is 1. The summed E-state index contributed by atoms with van der Waals surface area (Å²) in [7, 11) is -3.31. The minimum absolute atomic E-state index is 0.0538. The fourth-order valence-electron chi connectivity index (χ4n) is 1.56. The minimum Gasteiger partial charge on any atom is -0.409 e. The van der Waals surface area contributed by atoms with E-state index in [4.69, 9.17) is 10.9 Å². The first-order chi connectivity index (χ1) is 8.44. The average Bonchev–Trinajstić information content (AvgIpc) is 3.15. The summed E-state index contributed by atoms with van der Waals surface area (Å²) in [6, 6.07) is 4.95. The predicted octanol–water partition coefficient (Wildman–Crippen LogP) is 0.994. The molecule has 4 N–H and O–H groups in total. The quantitative estimate of drug-likeness (QED) is 0.328. The molecule has 1 fully saturated rings. The van der Waals surface area contributed by atoms with E-state index in [1.54, 1.807) is 25.1 Å². The van der Waals surface area contributed by atoms with Crippen molar-refractivity contribution in [1.29, 1.82) is 0 Å². The zero-order chi connectivity index (χ0) is 13.3. The number of aryl methyl sites for hydroxylation is 1. The van der Waals surface area contributed by atoms with E-state index in [2.05, 4.69) is 9.88 Å². The van der Waals surface area contributed by atoms with Crippen LogP contribution in [0.3, 0.4) is 0 Å². The largest absolute Gasteiger partial charge is 0.409 e. The number of benzene rings is 1. The molecule has 0 amide bonds. The molecule has 7 heteroatoms. The number of rotatable bonds is 4. The van der Waals surface area contributed by atoms with Crippen LogP contribution in [0.1, 0.15) is 24.0 Å². The van der Waals surface area contributed by atoms with Crippen LogP contribution in [0.5, 0.6) is 0 Å². The highest BCUT2D eigenvalue weighted by atomic mass is 32.2. The highest BCUT2D eigenvalue weighted by Gasteiger charge is 2.35. The van der Waals surface area contributed by atoms with E-state index < -0.39 is 10.0 Å². The zero-order valence-corrected chi connectivity index (χ0v) is 10.7. The van der Waals surface area contributed by atoms with Gasteiger partial charge in [-0.3, -0.25) is 4.72 Å². The molecule has 0 spiro atoms. The third kappa shape index (κ3) is 2.56. The zero-order valence-electron chi connectivity index (χ0n) is 9.92. The first-order valence-electron chi connectivity index (χ1n) is 5.54. The highest BCUT2D eigenvalue weighted by molar-refractivity contribution is 7.93. The van der Waals surface area contributed by atoms with Crippen LogP contribution in [0, 0.1) is 6.92 Å². The van der Waals surface area contributed by atoms with Gasteiger partial charge in [-0.2, -0.15) is 0 Å². The number of oxime groups is 1. The fourth-order valence-corrected chi connectivity index (χ4v) is 3.01. The van der Waals surface area contributed by atoms with Crippen LogP contribution in [-0.2, 0) is 10.0 Å². The number of amidine groups is 1. The topological polar surface area (TPSA) is 105 Å². The van der Waals surface area contributed by atoms with Gasteiger partial charge in [-0.25, -0.2) is 8.42 Å². The molecule has 1 aromatic carbocycles. The summed E-state index contributed by atoms with van der Waals surface area (Å²) in [5, 5.41) is 11.2. The molecule has 98 valence electrons. The monoisotopic (exact) mass is 269 g/mol. The molecule has 0 radical (unpaired) electrons. The smallest absolute Gasteiger partial charge is 0.235 e. The summed E-state index contributed by atoms with van der Waals surface area (Å²) in [5.74, 6) is -0.0538. The molecule has 0 aromatic heterocycles. The number of nitrogens with one attached hydrogen (secondary N) is 1. The van der Waals surface area contributed by atoms with Crippen molar-refractivity contribution in [2.24, 2.45) is 10.9 Å². The predicted molar refractivity (Wildman–Crippen MR) is 69.3 cm³/mol. The second-order valence-corrected chi connectivity index (χ2v) is 6.32. The molecule has 0 atom stereocenters. The Hall–Kier alpha value is -1.76. The molecule has 1 aromatic rings. The molecule has 6 nitrogen and oxygen atoms in total. The van der Waals surface area contributed by atoms with Crippen LogP contribution in [0.15, 0.2) is 23.4 Å². The summed E-state index contributed by atoms with van der Waals surface area (Å²) in [6.07, 6.45) is 1.41. The third-order valence-corrected chi connectivity index (χ3v) is 4.71. The summed E-state index contributed by atoms with van der Waals surface area (Å²) in [5.41, 5.74) is 7.19. The van der Waals surface area contributed by atoms with Gasteiger partial charge >= 0.3 is 0 Å². The standard InChI is InChI=1S/C11H15N3O3S/c1-7-2-3-8(11(12)13-15)6-10(7)14-18(16,17)9-4-5-9/h2-3,6,9,14-15H,4-5H2,1H3,(H2,12,13). The summed E-state index contributed by atoms with van der Waals surface area (Å²) < 4.78 is 26.2. The highest BCUT2D eigenvalue weighted by Crippen LogP contribution is 2.30. The van der Waals surface area contributed by atoms with E-state index in [1.165, 1.54) is 0 Å². The number of sulfonamides is 1. The van der Waals surface area contributed by atoms with E-state index in [0.29, 0.717) is 24.1 Å². The van der Waals surface area contributed by atoms with Gasteiger partial charge < -0.3 is 10.9 Å². The van der Waals surface area contributed by atoms with Gasteiger partial charge in [0.2, 0.25) is 10.0 Å². The Balaban J connectivity index is 2.32. The van der Waals surface area contributed by atoms with Crippen molar-refractivity contribution in [1.82, 2.24) is 0 Å². The first kappa shape index (κ1) is 12.7. The van der Waals surface area contributed by atoms with Crippen LogP contribution >= 0.6 is 0 Å². The van der Waals surface area contributed by atoms with Gasteiger partial charge in [-0.15, -0.1) is 0 Å². The summed E-state index contributed by atoms with van der Waals surface area (Å²) in [4.78, 5) is 0. The van der Waals surface area contributed by atoms with Gasteiger partial charge in [-0.1, -0.05) is 17.3 Å². The second kappa shape index (κ2) is 4.49. The molecule has 1 saturated carbocycles. The third-order valence-electron chi connectivity index (χ3n) is 2.86. The summed E-state index contributed by atoms with van der Waals surface area (Å²) in [6.45, 7) is 1.79. The van der Waals surface area contributed by atoms with E-state index >= 15 is 0 Å². The van der Waals surface area contributed by atoms with Gasteiger partial charge in [0.25, 0.3) is 0 Å². The Kier molecular flexibility index (Phi) is 3.16. The molecule has 0 bridgehead atoms. The van der Waals surface area contributed by atoms with Crippen LogP contribution in [0.2, 0.25) is 0 Å². The molecule has 0 heterocycles. The maximum Gasteiger partial charge on any atom is 0.235 e. The van der Waals surface area contributed by atoms with Crippen LogP contribution in [-0.4, -0.2) is 24.7 Å². The maximum atomic E-state index is 11.8. The number of hydrogen-bond acceptors (Lipinski definition) is 4. The number of nitrogens with zero attached hydrogens (tertiary/aromatic N) is 1. The minimum atomic E-state index is -3.31. The molecule has 0 aliphatic heterocycles. The van der Waals surface area contributed by atoms with E-state index in [1.807, 2.05) is 0 Å². The Labute approximate surface area is 106 Å². The Morgan fingerprint density at radius 3 is 2.72 bits per heavy atom. The lowest BCUT2D eigenvalue weighted by molar-refractivity contribution is 0.318. The molecular weight excluding hydrogens is 254 g/mol. The van der Waals surface area contributed by atoms with Gasteiger partial charge in [0.05, 0.1) is 10.9 Å². The Bertz CT molecular complexity index is 592. The molecular formula is C11H15N3O3S. The molecule has 1 aliphatic rings. The molecule has 2 rings (SSSR count). The van der Waals surface area contributed by atoms with Gasteiger partial charge in [0.15, 0.2) is 5.84 Å². The molecule has 0 saturated heterocycles. The Morgan fingerprint density at radius 2 is 2.17 bits per heavy atom. The molecule has 0 unspecified atom stereocenters. The van der Waals surface area contributed by atoms with E-state index in [0.717, 1.165) is 5.56 Å². The van der Waals surface area contributed by atoms with Crippen molar-refractivity contribution in [3.8, 4) is 0 Å². The van der Waals surface area contributed by atoms with Crippen molar-refractivity contribution in [3.63, 3.8) is 0 Å². The van der Waals surface area contributed by atoms with Crippen molar-refractivity contribution in [2.75, 3.05) is 4.72 Å². The first-order valence-corrected chi connectivity index (χ1v) is 7.09. The second-order valence-electron chi connectivity index (χ2n) is 4.36. The normalized spacial score (nSPS) is 16.6. The lowest BCUT2D eigenvalue weighted by atomic mass is 10.1. The van der Waals surface area contributed by atoms with Crippen molar-refractivity contribution in [3.05, 3.63) is 29.3 Å². The molecule has 1 aliphatic carbocycles. The van der Waals surface area contributed by atoms with Gasteiger partial charge in [-0.05, 0) is 31.4 Å². The van der Waals surface area contributed by atoms with E-state index in [-0.39, 0.29) is 11.1 Å². The van der Waals surface area contributed by atoms with Crippen molar-refractivity contribution in [2.45, 2.75) is 25.0 Å².